The standard InChI is InChI=1S/C29H45NO4/c1-6-7-21-8-10-22(11-9-21)23-12-14-24(15-13-23)26(31)32-18-25-16-17-33-29(34-25)19-27(2,3)30-28(4,5)20-29/h12-15,21-22,25,30H,6-11,16-20H2,1-5H3. The van der Waals surface area contributed by atoms with Gasteiger partial charge in [-0.25, -0.2) is 4.79 Å². The molecule has 0 radical (unpaired) electrons. The summed E-state index contributed by atoms with van der Waals surface area (Å²) in [5.41, 5.74) is 1.81. The minimum atomic E-state index is -0.620. The van der Waals surface area contributed by atoms with E-state index in [4.69, 9.17) is 14.2 Å². The summed E-state index contributed by atoms with van der Waals surface area (Å²) in [5.74, 6) is 0.645. The zero-order valence-corrected chi connectivity index (χ0v) is 22.0. The Morgan fingerprint density at radius 3 is 2.26 bits per heavy atom. The lowest BCUT2D eigenvalue weighted by molar-refractivity contribution is -0.323. The van der Waals surface area contributed by atoms with Crippen molar-refractivity contribution in [3.63, 3.8) is 0 Å². The van der Waals surface area contributed by atoms with Gasteiger partial charge in [0.2, 0.25) is 0 Å². The van der Waals surface area contributed by atoms with Crippen LogP contribution in [0.15, 0.2) is 24.3 Å². The molecule has 0 bridgehead atoms. The maximum Gasteiger partial charge on any atom is 0.338 e. The van der Waals surface area contributed by atoms with Crippen LogP contribution in [0.3, 0.4) is 0 Å². The zero-order chi connectivity index (χ0) is 24.4. The Bertz CT molecular complexity index is 807. The van der Waals surface area contributed by atoms with Crippen molar-refractivity contribution in [1.29, 1.82) is 0 Å². The van der Waals surface area contributed by atoms with Crippen molar-refractivity contribution in [2.24, 2.45) is 5.92 Å². The van der Waals surface area contributed by atoms with Crippen molar-refractivity contribution in [3.8, 4) is 0 Å². The van der Waals surface area contributed by atoms with Crippen LogP contribution < -0.4 is 5.32 Å². The molecule has 190 valence electrons. The van der Waals surface area contributed by atoms with Crippen LogP contribution in [0.4, 0.5) is 0 Å². The molecule has 2 heterocycles. The monoisotopic (exact) mass is 471 g/mol. The second-order valence-corrected chi connectivity index (χ2v) is 12.3. The van der Waals surface area contributed by atoms with Crippen LogP contribution in [0.1, 0.15) is 114 Å². The van der Waals surface area contributed by atoms with E-state index < -0.39 is 5.79 Å². The number of hydrogen-bond donors (Lipinski definition) is 1. The van der Waals surface area contributed by atoms with E-state index in [0.717, 1.165) is 25.2 Å². The molecule has 0 aromatic heterocycles. The van der Waals surface area contributed by atoms with Crippen LogP contribution in [0.2, 0.25) is 0 Å². The predicted octanol–water partition coefficient (Wildman–Crippen LogP) is 6.36. The van der Waals surface area contributed by atoms with Crippen molar-refractivity contribution in [3.05, 3.63) is 35.4 Å². The first kappa shape index (κ1) is 25.7. The molecule has 34 heavy (non-hydrogen) atoms. The van der Waals surface area contributed by atoms with E-state index >= 15 is 0 Å². The minimum Gasteiger partial charge on any atom is -0.459 e. The van der Waals surface area contributed by atoms with Gasteiger partial charge in [0.05, 0.1) is 18.3 Å². The summed E-state index contributed by atoms with van der Waals surface area (Å²) >= 11 is 0. The summed E-state index contributed by atoms with van der Waals surface area (Å²) in [6, 6.07) is 8.11. The van der Waals surface area contributed by atoms with Gasteiger partial charge in [-0.05, 0) is 82.9 Å². The van der Waals surface area contributed by atoms with Crippen molar-refractivity contribution in [1.82, 2.24) is 5.32 Å². The normalized spacial score (nSPS) is 30.1. The van der Waals surface area contributed by atoms with E-state index in [9.17, 15) is 4.79 Å². The highest BCUT2D eigenvalue weighted by Crippen LogP contribution is 2.42. The maximum atomic E-state index is 12.7. The largest absolute Gasteiger partial charge is 0.459 e. The summed E-state index contributed by atoms with van der Waals surface area (Å²) in [5, 5.41) is 3.68. The van der Waals surface area contributed by atoms with Gasteiger partial charge >= 0.3 is 5.97 Å². The molecule has 1 aromatic rings. The Labute approximate surface area is 206 Å². The third-order valence-electron chi connectivity index (χ3n) is 7.85. The highest BCUT2D eigenvalue weighted by atomic mass is 16.7. The third-order valence-corrected chi connectivity index (χ3v) is 7.85. The van der Waals surface area contributed by atoms with Crippen LogP contribution in [-0.2, 0) is 14.2 Å². The second kappa shape index (κ2) is 10.3. The molecule has 1 aromatic carbocycles. The van der Waals surface area contributed by atoms with Gasteiger partial charge in [0.1, 0.15) is 6.61 Å². The molecule has 2 aliphatic heterocycles. The van der Waals surface area contributed by atoms with Crippen LogP contribution >= 0.6 is 0 Å². The fraction of sp³-hybridized carbons (Fsp3) is 0.759. The van der Waals surface area contributed by atoms with Crippen LogP contribution in [0.25, 0.3) is 0 Å². The molecule has 0 amide bonds. The molecule has 5 heteroatoms. The Kier molecular flexibility index (Phi) is 7.76. The molecule has 5 nitrogen and oxygen atoms in total. The van der Waals surface area contributed by atoms with Gasteiger partial charge in [0.15, 0.2) is 5.79 Å². The SMILES string of the molecule is CCCC1CCC(c2ccc(C(=O)OCC3CCOC4(CC(C)(C)NC(C)(C)C4)O3)cc2)CC1. The smallest absolute Gasteiger partial charge is 0.338 e. The first-order valence-electron chi connectivity index (χ1n) is 13.5. The minimum absolute atomic E-state index is 0.0860. The molecule has 4 rings (SSSR count). The summed E-state index contributed by atoms with van der Waals surface area (Å²) in [7, 11) is 0. The average Bonchev–Trinajstić information content (AvgIpc) is 2.76. The number of carbonyl (C=O) groups is 1. The van der Waals surface area contributed by atoms with Crippen molar-refractivity contribution in [2.75, 3.05) is 13.2 Å². The molecule has 1 unspecified atom stereocenters. The van der Waals surface area contributed by atoms with E-state index in [1.807, 2.05) is 12.1 Å². The molecule has 2 saturated heterocycles. The lowest BCUT2D eigenvalue weighted by Gasteiger charge is -2.54. The van der Waals surface area contributed by atoms with Crippen LogP contribution in [0, 0.1) is 5.92 Å². The van der Waals surface area contributed by atoms with Gasteiger partial charge in [-0.2, -0.15) is 0 Å². The molecule has 3 fully saturated rings. The number of ether oxygens (including phenoxy) is 3. The first-order valence-corrected chi connectivity index (χ1v) is 13.5. The van der Waals surface area contributed by atoms with Gasteiger partial charge in [0, 0.05) is 30.3 Å². The molecular weight excluding hydrogens is 426 g/mol. The summed E-state index contributed by atoms with van der Waals surface area (Å²) < 4.78 is 18.3. The number of carbonyl (C=O) groups excluding carboxylic acids is 1. The van der Waals surface area contributed by atoms with Crippen molar-refractivity contribution >= 4 is 5.97 Å². The zero-order valence-electron chi connectivity index (χ0n) is 22.0. The van der Waals surface area contributed by atoms with E-state index in [1.54, 1.807) is 0 Å². The fourth-order valence-corrected chi connectivity index (χ4v) is 6.83. The third kappa shape index (κ3) is 6.41. The fourth-order valence-electron chi connectivity index (χ4n) is 6.83. The van der Waals surface area contributed by atoms with E-state index in [1.165, 1.54) is 44.1 Å². The predicted molar refractivity (Wildman–Crippen MR) is 135 cm³/mol. The highest BCUT2D eigenvalue weighted by molar-refractivity contribution is 5.89. The van der Waals surface area contributed by atoms with E-state index in [0.29, 0.717) is 18.1 Å². The Hall–Kier alpha value is -1.43. The van der Waals surface area contributed by atoms with Crippen LogP contribution in [-0.4, -0.2) is 42.2 Å². The molecule has 1 N–H and O–H groups in total. The number of rotatable bonds is 6. The number of esters is 1. The van der Waals surface area contributed by atoms with Gasteiger partial charge in [0.25, 0.3) is 0 Å². The molecular formula is C29H45NO4. The molecule has 1 atom stereocenters. The lowest BCUT2D eigenvalue weighted by atomic mass is 9.77. The highest BCUT2D eigenvalue weighted by Gasteiger charge is 2.51. The van der Waals surface area contributed by atoms with Gasteiger partial charge in [-0.15, -0.1) is 0 Å². The first-order chi connectivity index (χ1) is 16.1. The average molecular weight is 472 g/mol. The van der Waals surface area contributed by atoms with Gasteiger partial charge in [-0.1, -0.05) is 31.9 Å². The molecule has 1 saturated carbocycles. The van der Waals surface area contributed by atoms with Crippen LogP contribution in [0.5, 0.6) is 0 Å². The van der Waals surface area contributed by atoms with E-state index in [2.05, 4.69) is 52.1 Å². The summed E-state index contributed by atoms with van der Waals surface area (Å²) in [6.07, 6.45) is 9.99. The quantitative estimate of drug-likeness (QED) is 0.489. The number of hydrogen-bond acceptors (Lipinski definition) is 5. The molecule has 1 aliphatic carbocycles. The second-order valence-electron chi connectivity index (χ2n) is 12.3. The maximum absolute atomic E-state index is 12.7. The number of benzene rings is 1. The van der Waals surface area contributed by atoms with E-state index in [-0.39, 0.29) is 29.8 Å². The Morgan fingerprint density at radius 2 is 1.65 bits per heavy atom. The van der Waals surface area contributed by atoms with Gasteiger partial charge in [-0.3, -0.25) is 0 Å². The Morgan fingerprint density at radius 1 is 1.00 bits per heavy atom. The van der Waals surface area contributed by atoms with Crippen molar-refractivity contribution < 1.29 is 19.0 Å². The van der Waals surface area contributed by atoms with Crippen molar-refractivity contribution in [2.45, 2.75) is 121 Å². The topological polar surface area (TPSA) is 56.8 Å². The Balaban J connectivity index is 1.29. The van der Waals surface area contributed by atoms with Gasteiger partial charge < -0.3 is 19.5 Å². The lowest BCUT2D eigenvalue weighted by Crippen LogP contribution is -2.66. The molecule has 1 spiro atoms. The summed E-state index contributed by atoms with van der Waals surface area (Å²) in [4.78, 5) is 12.7. The number of piperidine rings is 1. The summed E-state index contributed by atoms with van der Waals surface area (Å²) in [6.45, 7) is 11.9. The number of nitrogens with one attached hydrogen (secondary N) is 1. The molecule has 3 aliphatic rings.